The van der Waals surface area contributed by atoms with Crippen LogP contribution in [0.1, 0.15) is 10.4 Å². The van der Waals surface area contributed by atoms with E-state index in [-0.39, 0.29) is 24.5 Å². The summed E-state index contributed by atoms with van der Waals surface area (Å²) >= 11 is 0. The lowest BCUT2D eigenvalue weighted by Crippen LogP contribution is -2.06. The number of aliphatic hydroxyl groups excluding tert-OH is 1. The molecule has 0 aromatic heterocycles. The zero-order valence-corrected chi connectivity index (χ0v) is 7.27. The third-order valence-corrected chi connectivity index (χ3v) is 1.54. The molecular formula is C9H9O5-. The molecule has 0 radical (unpaired) electrons. The second-order valence-electron chi connectivity index (χ2n) is 2.54. The molecule has 1 rings (SSSR count). The Labute approximate surface area is 80.2 Å². The molecule has 5 heteroatoms. The molecule has 1 aromatic rings. The van der Waals surface area contributed by atoms with E-state index in [2.05, 4.69) is 0 Å². The number of carboxylic acid groups (broad SMARTS) is 1. The summed E-state index contributed by atoms with van der Waals surface area (Å²) in [7, 11) is 0. The van der Waals surface area contributed by atoms with Crippen molar-refractivity contribution in [1.29, 1.82) is 0 Å². The van der Waals surface area contributed by atoms with E-state index < -0.39 is 11.7 Å². The fourth-order valence-corrected chi connectivity index (χ4v) is 0.933. The van der Waals surface area contributed by atoms with Crippen molar-refractivity contribution < 1.29 is 24.9 Å². The molecule has 0 saturated heterocycles. The molecule has 0 aliphatic carbocycles. The van der Waals surface area contributed by atoms with Gasteiger partial charge < -0.3 is 20.1 Å². The van der Waals surface area contributed by atoms with Crippen molar-refractivity contribution in [2.45, 2.75) is 0 Å². The molecule has 0 fully saturated rings. The fraction of sp³-hybridized carbons (Fsp3) is 0.222. The molecule has 0 spiro atoms. The Hall–Kier alpha value is -1.75. The topological polar surface area (TPSA) is 89.8 Å². The van der Waals surface area contributed by atoms with Gasteiger partial charge in [-0.1, -0.05) is 5.75 Å². The Morgan fingerprint density at radius 3 is 2.71 bits per heavy atom. The monoisotopic (exact) mass is 197 g/mol. The summed E-state index contributed by atoms with van der Waals surface area (Å²) in [4.78, 5) is 10.5. The zero-order chi connectivity index (χ0) is 10.6. The molecule has 0 aliphatic heterocycles. The number of rotatable bonds is 4. The van der Waals surface area contributed by atoms with Crippen molar-refractivity contribution in [2.24, 2.45) is 0 Å². The van der Waals surface area contributed by atoms with E-state index in [1.165, 1.54) is 12.1 Å². The van der Waals surface area contributed by atoms with E-state index in [0.29, 0.717) is 0 Å². The normalized spacial score (nSPS) is 9.79. The molecule has 0 bridgehead atoms. The number of ether oxygens (including phenoxy) is 1. The predicted molar refractivity (Wildman–Crippen MR) is 45.4 cm³/mol. The Bertz CT molecular complexity index is 334. The van der Waals surface area contributed by atoms with Crippen LogP contribution in [-0.4, -0.2) is 29.4 Å². The van der Waals surface area contributed by atoms with Crippen molar-refractivity contribution >= 4 is 5.97 Å². The molecule has 2 N–H and O–H groups in total. The second kappa shape index (κ2) is 4.48. The average Bonchev–Trinajstić information content (AvgIpc) is 2.14. The minimum Gasteiger partial charge on any atom is -0.872 e. The lowest BCUT2D eigenvalue weighted by atomic mass is 10.2. The lowest BCUT2D eigenvalue weighted by Gasteiger charge is -2.12. The van der Waals surface area contributed by atoms with E-state index in [0.717, 1.165) is 6.07 Å². The summed E-state index contributed by atoms with van der Waals surface area (Å²) in [6.07, 6.45) is 0. The fourth-order valence-electron chi connectivity index (χ4n) is 0.933. The minimum atomic E-state index is -1.26. The van der Waals surface area contributed by atoms with Gasteiger partial charge in [-0.25, -0.2) is 4.79 Å². The smallest absolute Gasteiger partial charge is 0.335 e. The number of aliphatic hydroxyl groups is 1. The van der Waals surface area contributed by atoms with Gasteiger partial charge in [0.05, 0.1) is 12.2 Å². The lowest BCUT2D eigenvalue weighted by molar-refractivity contribution is -0.268. The highest BCUT2D eigenvalue weighted by molar-refractivity contribution is 5.90. The third-order valence-electron chi connectivity index (χ3n) is 1.54. The van der Waals surface area contributed by atoms with Crippen molar-refractivity contribution in [3.8, 4) is 11.5 Å². The van der Waals surface area contributed by atoms with Crippen molar-refractivity contribution in [3.05, 3.63) is 23.8 Å². The molecule has 0 amide bonds. The molecule has 0 heterocycles. The largest absolute Gasteiger partial charge is 0.872 e. The standard InChI is InChI=1S/C9H10O5/c10-3-4-14-6-1-2-7(9(12)13)8(11)5-6/h1-2,5,10-11H,3-4H2,(H,12,13)/p-1. The van der Waals surface area contributed by atoms with Gasteiger partial charge in [-0.15, -0.1) is 0 Å². The molecule has 1 aromatic carbocycles. The number of hydrogen-bond donors (Lipinski definition) is 2. The first-order valence-electron chi connectivity index (χ1n) is 3.93. The first kappa shape index (κ1) is 10.3. The van der Waals surface area contributed by atoms with Crippen LogP contribution in [0.25, 0.3) is 0 Å². The summed E-state index contributed by atoms with van der Waals surface area (Å²) in [6.45, 7) is -0.0826. The van der Waals surface area contributed by atoms with Crippen molar-refractivity contribution in [3.63, 3.8) is 0 Å². The third kappa shape index (κ3) is 2.37. The van der Waals surface area contributed by atoms with Gasteiger partial charge in [-0.2, -0.15) is 0 Å². The maximum Gasteiger partial charge on any atom is 0.335 e. The van der Waals surface area contributed by atoms with Gasteiger partial charge in [0.1, 0.15) is 12.4 Å². The Kier molecular flexibility index (Phi) is 3.30. The Morgan fingerprint density at radius 2 is 2.21 bits per heavy atom. The molecule has 14 heavy (non-hydrogen) atoms. The highest BCUT2D eigenvalue weighted by atomic mass is 16.5. The van der Waals surface area contributed by atoms with Crippen LogP contribution in [0, 0.1) is 0 Å². The van der Waals surface area contributed by atoms with Gasteiger partial charge in [0, 0.05) is 0 Å². The number of aromatic carboxylic acids is 1. The van der Waals surface area contributed by atoms with Gasteiger partial charge >= 0.3 is 5.97 Å². The van der Waals surface area contributed by atoms with Crippen LogP contribution in [0.5, 0.6) is 11.5 Å². The van der Waals surface area contributed by atoms with E-state index in [1.807, 2.05) is 0 Å². The second-order valence-corrected chi connectivity index (χ2v) is 2.54. The molecule has 0 atom stereocenters. The van der Waals surface area contributed by atoms with Gasteiger partial charge in [0.15, 0.2) is 0 Å². The van der Waals surface area contributed by atoms with Crippen LogP contribution in [0.3, 0.4) is 0 Å². The van der Waals surface area contributed by atoms with Crippen LogP contribution in [0.4, 0.5) is 0 Å². The molecular weight excluding hydrogens is 188 g/mol. The van der Waals surface area contributed by atoms with Crippen LogP contribution < -0.4 is 9.84 Å². The number of carboxylic acids is 1. The van der Waals surface area contributed by atoms with E-state index in [9.17, 15) is 9.90 Å². The highest BCUT2D eigenvalue weighted by Gasteiger charge is 2.04. The van der Waals surface area contributed by atoms with Crippen LogP contribution in [0.2, 0.25) is 0 Å². The van der Waals surface area contributed by atoms with Crippen LogP contribution in [0.15, 0.2) is 18.2 Å². The summed E-state index contributed by atoms with van der Waals surface area (Å²) in [5, 5.41) is 28.1. The maximum absolute atomic E-state index is 11.1. The van der Waals surface area contributed by atoms with Crippen molar-refractivity contribution in [2.75, 3.05) is 13.2 Å². The molecule has 0 saturated carbocycles. The van der Waals surface area contributed by atoms with E-state index in [1.54, 1.807) is 0 Å². The van der Waals surface area contributed by atoms with Gasteiger partial charge in [-0.05, 0) is 18.2 Å². The predicted octanol–water partition coefficient (Wildman–Crippen LogP) is -0.171. The van der Waals surface area contributed by atoms with Crippen molar-refractivity contribution in [1.82, 2.24) is 0 Å². The first-order valence-corrected chi connectivity index (χ1v) is 3.93. The summed E-state index contributed by atoms with van der Waals surface area (Å²) < 4.78 is 4.93. The van der Waals surface area contributed by atoms with Gasteiger partial charge in [-0.3, -0.25) is 0 Å². The summed E-state index contributed by atoms with van der Waals surface area (Å²) in [5.41, 5.74) is -0.290. The zero-order valence-electron chi connectivity index (χ0n) is 7.27. The summed E-state index contributed by atoms with van der Waals surface area (Å²) in [6, 6.07) is 3.64. The Balaban J connectivity index is 2.83. The summed E-state index contributed by atoms with van der Waals surface area (Å²) in [5.74, 6) is -1.61. The van der Waals surface area contributed by atoms with Crippen LogP contribution in [-0.2, 0) is 0 Å². The van der Waals surface area contributed by atoms with Gasteiger partial charge in [0.25, 0.3) is 0 Å². The SMILES string of the molecule is O=C(O)c1ccc(OCCO)cc1[O-]. The first-order chi connectivity index (χ1) is 6.65. The maximum atomic E-state index is 11.1. The molecule has 0 aliphatic rings. The molecule has 0 unspecified atom stereocenters. The molecule has 5 nitrogen and oxygen atoms in total. The van der Waals surface area contributed by atoms with Gasteiger partial charge in [0.2, 0.25) is 0 Å². The van der Waals surface area contributed by atoms with Crippen LogP contribution >= 0.6 is 0 Å². The number of benzene rings is 1. The number of carbonyl (C=O) groups is 1. The Morgan fingerprint density at radius 1 is 1.50 bits per heavy atom. The van der Waals surface area contributed by atoms with E-state index in [4.69, 9.17) is 14.9 Å². The minimum absolute atomic E-state index is 0.0753. The average molecular weight is 197 g/mol. The number of hydrogen-bond acceptors (Lipinski definition) is 4. The molecule has 76 valence electrons. The quantitative estimate of drug-likeness (QED) is 0.699. The van der Waals surface area contributed by atoms with E-state index >= 15 is 0 Å². The highest BCUT2D eigenvalue weighted by Crippen LogP contribution is 2.20.